The van der Waals surface area contributed by atoms with Crippen molar-refractivity contribution in [2.24, 2.45) is 0 Å². The van der Waals surface area contributed by atoms with Crippen molar-refractivity contribution in [3.63, 3.8) is 0 Å². The van der Waals surface area contributed by atoms with E-state index in [0.29, 0.717) is 0 Å². The average molecular weight is 283 g/mol. The van der Waals surface area contributed by atoms with Gasteiger partial charge >= 0.3 is 0 Å². The van der Waals surface area contributed by atoms with Gasteiger partial charge in [0, 0.05) is 31.2 Å². The summed E-state index contributed by atoms with van der Waals surface area (Å²) in [6, 6.07) is 8.82. The Hall–Kier alpha value is -2.14. The minimum Gasteiger partial charge on any atom is -0.346 e. The fourth-order valence-corrected chi connectivity index (χ4v) is 2.53. The van der Waals surface area contributed by atoms with Gasteiger partial charge in [0.25, 0.3) is 0 Å². The number of hydrogen-bond donors (Lipinski definition) is 1. The Labute approximate surface area is 124 Å². The van der Waals surface area contributed by atoms with Crippen molar-refractivity contribution in [1.82, 2.24) is 24.9 Å². The van der Waals surface area contributed by atoms with Crippen LogP contribution in [-0.2, 0) is 13.0 Å². The smallest absolute Gasteiger partial charge is 0.0897 e. The lowest BCUT2D eigenvalue weighted by Crippen LogP contribution is -2.17. The first-order chi connectivity index (χ1) is 10.1. The van der Waals surface area contributed by atoms with Gasteiger partial charge in [-0.1, -0.05) is 6.07 Å². The molecule has 0 spiro atoms. The van der Waals surface area contributed by atoms with E-state index in [0.717, 1.165) is 30.9 Å². The largest absolute Gasteiger partial charge is 0.346 e. The predicted molar refractivity (Wildman–Crippen MR) is 84.4 cm³/mol. The third-order valence-electron chi connectivity index (χ3n) is 3.82. The van der Waals surface area contributed by atoms with E-state index in [1.165, 1.54) is 16.5 Å². The van der Waals surface area contributed by atoms with Crippen molar-refractivity contribution in [1.29, 1.82) is 0 Å². The molecule has 0 unspecified atom stereocenters. The molecule has 0 saturated carbocycles. The van der Waals surface area contributed by atoms with Gasteiger partial charge in [0.05, 0.1) is 11.4 Å². The SMILES string of the molecule is Cc1n[nH]nc1Cc1ccc2c(ccn2CCN(C)C)c1. The maximum absolute atomic E-state index is 4.20. The number of fused-ring (bicyclic) bond motifs is 1. The number of nitrogens with one attached hydrogen (secondary N) is 1. The van der Waals surface area contributed by atoms with Crippen molar-refractivity contribution in [3.8, 4) is 0 Å². The molecule has 0 aliphatic heterocycles. The summed E-state index contributed by atoms with van der Waals surface area (Å²) in [6.45, 7) is 4.04. The molecule has 0 aliphatic rings. The van der Waals surface area contributed by atoms with E-state index in [1.807, 2.05) is 6.92 Å². The molecule has 21 heavy (non-hydrogen) atoms. The van der Waals surface area contributed by atoms with Gasteiger partial charge in [0.15, 0.2) is 0 Å². The van der Waals surface area contributed by atoms with Crippen LogP contribution in [0.2, 0.25) is 0 Å². The molecule has 0 saturated heterocycles. The van der Waals surface area contributed by atoms with Crippen LogP contribution < -0.4 is 0 Å². The van der Waals surface area contributed by atoms with E-state index >= 15 is 0 Å². The van der Waals surface area contributed by atoms with Crippen molar-refractivity contribution < 1.29 is 0 Å². The lowest BCUT2D eigenvalue weighted by atomic mass is 10.1. The zero-order valence-corrected chi connectivity index (χ0v) is 12.8. The number of H-pyrrole nitrogens is 1. The Bertz CT molecular complexity index is 738. The zero-order chi connectivity index (χ0) is 14.8. The maximum Gasteiger partial charge on any atom is 0.0897 e. The average Bonchev–Trinajstić information content (AvgIpc) is 3.03. The summed E-state index contributed by atoms with van der Waals surface area (Å²) in [7, 11) is 4.20. The van der Waals surface area contributed by atoms with Crippen LogP contribution in [0.4, 0.5) is 0 Å². The van der Waals surface area contributed by atoms with Crippen molar-refractivity contribution in [2.45, 2.75) is 19.9 Å². The van der Waals surface area contributed by atoms with Crippen molar-refractivity contribution in [3.05, 3.63) is 47.4 Å². The number of aromatic amines is 1. The minimum atomic E-state index is 0.821. The summed E-state index contributed by atoms with van der Waals surface area (Å²) >= 11 is 0. The molecule has 2 heterocycles. The lowest BCUT2D eigenvalue weighted by molar-refractivity contribution is 0.387. The molecule has 0 fully saturated rings. The summed E-state index contributed by atoms with van der Waals surface area (Å²) in [5.74, 6) is 0. The second kappa shape index (κ2) is 5.69. The molecule has 3 rings (SSSR count). The highest BCUT2D eigenvalue weighted by atomic mass is 15.3. The van der Waals surface area contributed by atoms with Crippen LogP contribution in [0.25, 0.3) is 10.9 Å². The normalized spacial score (nSPS) is 11.6. The van der Waals surface area contributed by atoms with E-state index < -0.39 is 0 Å². The first kappa shape index (κ1) is 13.8. The van der Waals surface area contributed by atoms with E-state index in [9.17, 15) is 0 Å². The molecule has 0 atom stereocenters. The van der Waals surface area contributed by atoms with Crippen LogP contribution in [0.1, 0.15) is 17.0 Å². The molecule has 1 aromatic carbocycles. The topological polar surface area (TPSA) is 49.7 Å². The molecule has 0 bridgehead atoms. The van der Waals surface area contributed by atoms with Gasteiger partial charge in [0.1, 0.15) is 0 Å². The number of aromatic nitrogens is 4. The maximum atomic E-state index is 4.20. The molecule has 3 aromatic rings. The Kier molecular flexibility index (Phi) is 3.75. The summed E-state index contributed by atoms with van der Waals surface area (Å²) in [4.78, 5) is 2.20. The third kappa shape index (κ3) is 2.97. The number of aryl methyl sites for hydroxylation is 1. The first-order valence-electron chi connectivity index (χ1n) is 7.22. The summed E-state index contributed by atoms with van der Waals surface area (Å²) in [5, 5.41) is 12.2. The highest BCUT2D eigenvalue weighted by molar-refractivity contribution is 5.81. The van der Waals surface area contributed by atoms with E-state index in [1.54, 1.807) is 0 Å². The Morgan fingerprint density at radius 1 is 1.19 bits per heavy atom. The van der Waals surface area contributed by atoms with Crippen LogP contribution in [0.5, 0.6) is 0 Å². The molecule has 0 amide bonds. The van der Waals surface area contributed by atoms with E-state index in [2.05, 4.69) is 69.4 Å². The molecule has 0 aliphatic carbocycles. The highest BCUT2D eigenvalue weighted by Gasteiger charge is 2.07. The van der Waals surface area contributed by atoms with Gasteiger partial charge in [-0.15, -0.1) is 0 Å². The highest BCUT2D eigenvalue weighted by Crippen LogP contribution is 2.19. The predicted octanol–water partition coefficient (Wildman–Crippen LogP) is 2.22. The summed E-state index contributed by atoms with van der Waals surface area (Å²) < 4.78 is 2.31. The van der Waals surface area contributed by atoms with E-state index in [4.69, 9.17) is 0 Å². The minimum absolute atomic E-state index is 0.821. The van der Waals surface area contributed by atoms with Crippen LogP contribution in [0.15, 0.2) is 30.5 Å². The molecular weight excluding hydrogens is 262 g/mol. The molecular formula is C16H21N5. The van der Waals surface area contributed by atoms with Gasteiger partial charge in [0.2, 0.25) is 0 Å². The fourth-order valence-electron chi connectivity index (χ4n) is 2.53. The van der Waals surface area contributed by atoms with Gasteiger partial charge in [-0.3, -0.25) is 0 Å². The Morgan fingerprint density at radius 2 is 2.05 bits per heavy atom. The van der Waals surface area contributed by atoms with Crippen LogP contribution in [0.3, 0.4) is 0 Å². The number of benzene rings is 1. The number of nitrogens with zero attached hydrogens (tertiary/aromatic N) is 4. The van der Waals surface area contributed by atoms with Crippen LogP contribution in [0, 0.1) is 6.92 Å². The van der Waals surface area contributed by atoms with Gasteiger partial charge in [-0.2, -0.15) is 15.4 Å². The second-order valence-electron chi connectivity index (χ2n) is 5.74. The van der Waals surface area contributed by atoms with Crippen LogP contribution >= 0.6 is 0 Å². The molecule has 5 nitrogen and oxygen atoms in total. The number of rotatable bonds is 5. The van der Waals surface area contributed by atoms with Gasteiger partial charge in [-0.05, 0) is 50.2 Å². The van der Waals surface area contributed by atoms with E-state index in [-0.39, 0.29) is 0 Å². The standard InChI is InChI=1S/C16H21N5/c1-12-15(18-19-17-12)11-13-4-5-16-14(10-13)6-7-21(16)9-8-20(2)3/h4-7,10H,8-9,11H2,1-3H3,(H,17,18,19). The van der Waals surface area contributed by atoms with Gasteiger partial charge in [-0.25, -0.2) is 0 Å². The monoisotopic (exact) mass is 283 g/mol. The molecule has 5 heteroatoms. The van der Waals surface area contributed by atoms with Crippen molar-refractivity contribution >= 4 is 10.9 Å². The van der Waals surface area contributed by atoms with Crippen LogP contribution in [-0.4, -0.2) is 45.5 Å². The molecule has 2 aromatic heterocycles. The molecule has 1 N–H and O–H groups in total. The number of hydrogen-bond acceptors (Lipinski definition) is 3. The zero-order valence-electron chi connectivity index (χ0n) is 12.8. The van der Waals surface area contributed by atoms with Gasteiger partial charge < -0.3 is 9.47 Å². The van der Waals surface area contributed by atoms with Crippen molar-refractivity contribution in [2.75, 3.05) is 20.6 Å². The molecule has 110 valence electrons. The lowest BCUT2D eigenvalue weighted by Gasteiger charge is -2.11. The first-order valence-corrected chi connectivity index (χ1v) is 7.22. The third-order valence-corrected chi connectivity index (χ3v) is 3.82. The summed E-state index contributed by atoms with van der Waals surface area (Å²) in [6.07, 6.45) is 2.99. The fraction of sp³-hybridized carbons (Fsp3) is 0.375. The molecule has 0 radical (unpaired) electrons. The Balaban J connectivity index is 1.83. The second-order valence-corrected chi connectivity index (χ2v) is 5.74. The quantitative estimate of drug-likeness (QED) is 0.781. The Morgan fingerprint density at radius 3 is 2.76 bits per heavy atom. The summed E-state index contributed by atoms with van der Waals surface area (Å²) in [5.41, 5.74) is 4.54. The number of likely N-dealkylation sites (N-methyl/N-ethyl adjacent to an activating group) is 1.